The first-order valence-electron chi connectivity index (χ1n) is 9.53. The second-order valence-corrected chi connectivity index (χ2v) is 7.07. The second-order valence-electron chi connectivity index (χ2n) is 7.07. The van der Waals surface area contributed by atoms with Gasteiger partial charge < -0.3 is 10.2 Å². The molecular formula is C23H26N4O. The number of rotatable bonds is 7. The molecule has 1 atom stereocenters. The molecule has 0 aliphatic rings. The van der Waals surface area contributed by atoms with E-state index in [1.165, 1.54) is 11.9 Å². The van der Waals surface area contributed by atoms with Crippen molar-refractivity contribution in [2.45, 2.75) is 39.4 Å². The maximum absolute atomic E-state index is 12.7. The third kappa shape index (κ3) is 4.94. The monoisotopic (exact) mass is 374 g/mol. The van der Waals surface area contributed by atoms with Crippen molar-refractivity contribution in [3.05, 3.63) is 89.9 Å². The number of anilines is 1. The van der Waals surface area contributed by atoms with Gasteiger partial charge in [0.1, 0.15) is 17.8 Å². The summed E-state index contributed by atoms with van der Waals surface area (Å²) in [4.78, 5) is 23.5. The highest BCUT2D eigenvalue weighted by Gasteiger charge is 2.17. The van der Waals surface area contributed by atoms with E-state index in [4.69, 9.17) is 0 Å². The molecule has 3 aromatic rings. The predicted molar refractivity (Wildman–Crippen MR) is 112 cm³/mol. The minimum Gasteiger partial charge on any atom is -0.350 e. The average molecular weight is 374 g/mol. The van der Waals surface area contributed by atoms with Crippen LogP contribution >= 0.6 is 0 Å². The van der Waals surface area contributed by atoms with Crippen molar-refractivity contribution in [2.24, 2.45) is 0 Å². The molecule has 0 aliphatic heterocycles. The molecule has 144 valence electrons. The average Bonchev–Trinajstić information content (AvgIpc) is 2.73. The fraction of sp³-hybridized carbons (Fsp3) is 0.261. The van der Waals surface area contributed by atoms with Gasteiger partial charge in [0.15, 0.2) is 0 Å². The van der Waals surface area contributed by atoms with E-state index in [9.17, 15) is 4.79 Å². The summed E-state index contributed by atoms with van der Waals surface area (Å²) >= 11 is 0. The highest BCUT2D eigenvalue weighted by Crippen LogP contribution is 2.19. The third-order valence-electron chi connectivity index (χ3n) is 4.65. The lowest BCUT2D eigenvalue weighted by molar-refractivity contribution is 0.0934. The Labute approximate surface area is 166 Å². The van der Waals surface area contributed by atoms with Gasteiger partial charge in [0.05, 0.1) is 6.04 Å². The molecule has 3 rings (SSSR count). The standard InChI is InChI=1S/C23H26N4O/c1-17(2)27(15-19-10-6-4-7-11-19)22-14-21(24-16-25-22)23(28)26-18(3)20-12-8-5-9-13-20/h4-14,16-18H,15H2,1-3H3,(H,26,28). The molecular weight excluding hydrogens is 348 g/mol. The molecule has 1 unspecified atom stereocenters. The SMILES string of the molecule is CC(NC(=O)c1cc(N(Cc2ccccc2)C(C)C)ncn1)c1ccccc1. The lowest BCUT2D eigenvalue weighted by atomic mass is 10.1. The number of benzene rings is 2. The minimum atomic E-state index is -0.205. The maximum atomic E-state index is 12.7. The van der Waals surface area contributed by atoms with Crippen LogP contribution in [0.25, 0.3) is 0 Å². The molecule has 5 heteroatoms. The predicted octanol–water partition coefficient (Wildman–Crippen LogP) is 4.38. The van der Waals surface area contributed by atoms with E-state index >= 15 is 0 Å². The van der Waals surface area contributed by atoms with Crippen LogP contribution in [0.15, 0.2) is 73.1 Å². The largest absolute Gasteiger partial charge is 0.350 e. The van der Waals surface area contributed by atoms with Crippen LogP contribution in [0.3, 0.4) is 0 Å². The van der Waals surface area contributed by atoms with Crippen LogP contribution in [0.5, 0.6) is 0 Å². The maximum Gasteiger partial charge on any atom is 0.270 e. The Morgan fingerprint density at radius 2 is 1.61 bits per heavy atom. The second kappa shape index (κ2) is 9.13. The fourth-order valence-corrected chi connectivity index (χ4v) is 3.03. The zero-order chi connectivity index (χ0) is 19.9. The minimum absolute atomic E-state index is 0.0994. The molecule has 28 heavy (non-hydrogen) atoms. The molecule has 0 radical (unpaired) electrons. The van der Waals surface area contributed by atoms with Crippen LogP contribution in [0, 0.1) is 0 Å². The Balaban J connectivity index is 1.77. The molecule has 0 bridgehead atoms. The Hall–Kier alpha value is -3.21. The van der Waals surface area contributed by atoms with Crippen LogP contribution in [0.4, 0.5) is 5.82 Å². The van der Waals surface area contributed by atoms with Crippen LogP contribution in [-0.4, -0.2) is 21.9 Å². The Kier molecular flexibility index (Phi) is 6.37. The van der Waals surface area contributed by atoms with Crippen molar-refractivity contribution in [3.63, 3.8) is 0 Å². The summed E-state index contributed by atoms with van der Waals surface area (Å²) in [6.07, 6.45) is 1.46. The van der Waals surface area contributed by atoms with E-state index in [1.807, 2.05) is 55.5 Å². The molecule has 1 N–H and O–H groups in total. The summed E-state index contributed by atoms with van der Waals surface area (Å²) in [7, 11) is 0. The quantitative estimate of drug-likeness (QED) is 0.667. The zero-order valence-corrected chi connectivity index (χ0v) is 16.5. The van der Waals surface area contributed by atoms with Crippen molar-refractivity contribution in [2.75, 3.05) is 4.90 Å². The van der Waals surface area contributed by atoms with Gasteiger partial charge >= 0.3 is 0 Å². The smallest absolute Gasteiger partial charge is 0.270 e. The van der Waals surface area contributed by atoms with Crippen LogP contribution in [0.1, 0.15) is 48.4 Å². The number of hydrogen-bond donors (Lipinski definition) is 1. The van der Waals surface area contributed by atoms with Crippen molar-refractivity contribution < 1.29 is 4.79 Å². The Morgan fingerprint density at radius 3 is 2.25 bits per heavy atom. The van der Waals surface area contributed by atoms with E-state index in [0.717, 1.165) is 17.9 Å². The summed E-state index contributed by atoms with van der Waals surface area (Å²) in [5, 5.41) is 3.01. The van der Waals surface area contributed by atoms with Crippen molar-refractivity contribution in [1.29, 1.82) is 0 Å². The molecule has 0 saturated carbocycles. The summed E-state index contributed by atoms with van der Waals surface area (Å²) in [6.45, 7) is 6.91. The first kappa shape index (κ1) is 19.5. The van der Waals surface area contributed by atoms with Crippen molar-refractivity contribution in [3.8, 4) is 0 Å². The number of nitrogens with zero attached hydrogens (tertiary/aromatic N) is 3. The molecule has 1 heterocycles. The van der Waals surface area contributed by atoms with E-state index in [2.05, 4.69) is 46.2 Å². The lowest BCUT2D eigenvalue weighted by Crippen LogP contribution is -2.32. The molecule has 0 aliphatic carbocycles. The number of amides is 1. The third-order valence-corrected chi connectivity index (χ3v) is 4.65. The highest BCUT2D eigenvalue weighted by atomic mass is 16.1. The van der Waals surface area contributed by atoms with Gasteiger partial charge in [-0.1, -0.05) is 60.7 Å². The summed E-state index contributed by atoms with van der Waals surface area (Å²) in [5.41, 5.74) is 2.61. The van der Waals surface area contributed by atoms with Gasteiger partial charge in [-0.15, -0.1) is 0 Å². The van der Waals surface area contributed by atoms with E-state index < -0.39 is 0 Å². The van der Waals surface area contributed by atoms with Gasteiger partial charge in [-0.25, -0.2) is 9.97 Å². The van der Waals surface area contributed by atoms with E-state index in [1.54, 1.807) is 6.07 Å². The topological polar surface area (TPSA) is 58.1 Å². The molecule has 0 spiro atoms. The van der Waals surface area contributed by atoms with Crippen LogP contribution < -0.4 is 10.2 Å². The van der Waals surface area contributed by atoms with Gasteiger partial charge in [-0.3, -0.25) is 4.79 Å². The molecule has 2 aromatic carbocycles. The number of aromatic nitrogens is 2. The van der Waals surface area contributed by atoms with Gasteiger partial charge in [-0.05, 0) is 31.9 Å². The molecule has 0 saturated heterocycles. The lowest BCUT2D eigenvalue weighted by Gasteiger charge is -2.28. The molecule has 5 nitrogen and oxygen atoms in total. The normalized spacial score (nSPS) is 11.9. The Morgan fingerprint density at radius 1 is 0.964 bits per heavy atom. The molecule has 0 fully saturated rings. The first-order chi connectivity index (χ1) is 13.5. The van der Waals surface area contributed by atoms with Crippen LogP contribution in [0.2, 0.25) is 0 Å². The van der Waals surface area contributed by atoms with Gasteiger partial charge in [0, 0.05) is 18.7 Å². The number of carbonyl (C=O) groups excluding carboxylic acids is 1. The van der Waals surface area contributed by atoms with E-state index in [0.29, 0.717) is 5.69 Å². The zero-order valence-electron chi connectivity index (χ0n) is 16.5. The van der Waals surface area contributed by atoms with E-state index in [-0.39, 0.29) is 18.0 Å². The number of nitrogens with one attached hydrogen (secondary N) is 1. The molecule has 1 aromatic heterocycles. The van der Waals surface area contributed by atoms with Crippen molar-refractivity contribution in [1.82, 2.24) is 15.3 Å². The van der Waals surface area contributed by atoms with Gasteiger partial charge in [0.25, 0.3) is 5.91 Å². The Bertz CT molecular complexity index is 897. The number of carbonyl (C=O) groups is 1. The first-order valence-corrected chi connectivity index (χ1v) is 9.53. The highest BCUT2D eigenvalue weighted by molar-refractivity contribution is 5.93. The van der Waals surface area contributed by atoms with Gasteiger partial charge in [-0.2, -0.15) is 0 Å². The fourth-order valence-electron chi connectivity index (χ4n) is 3.03. The van der Waals surface area contributed by atoms with Crippen LogP contribution in [-0.2, 0) is 6.54 Å². The summed E-state index contributed by atoms with van der Waals surface area (Å²) < 4.78 is 0. The van der Waals surface area contributed by atoms with Crippen molar-refractivity contribution >= 4 is 11.7 Å². The molecule has 1 amide bonds. The van der Waals surface area contributed by atoms with Gasteiger partial charge in [0.2, 0.25) is 0 Å². The summed E-state index contributed by atoms with van der Waals surface area (Å²) in [6, 6.07) is 22.0. The number of hydrogen-bond acceptors (Lipinski definition) is 4. The summed E-state index contributed by atoms with van der Waals surface area (Å²) in [5.74, 6) is 0.537.